The van der Waals surface area contributed by atoms with E-state index in [-0.39, 0.29) is 57.8 Å². The normalized spacial score (nSPS) is 29.6. The van der Waals surface area contributed by atoms with Crippen molar-refractivity contribution in [3.63, 3.8) is 0 Å². The van der Waals surface area contributed by atoms with Gasteiger partial charge in [-0.15, -0.1) is 0 Å². The molecule has 6 aromatic rings. The highest BCUT2D eigenvalue weighted by Crippen LogP contribution is 2.68. The maximum Gasteiger partial charge on any atom is 0.490 e. The number of ether oxygens (including phenoxy) is 5. The molecule has 43 heteroatoms. The lowest BCUT2D eigenvalue weighted by Gasteiger charge is -2.26. The average molecular weight is 1200 g/mol. The van der Waals surface area contributed by atoms with Crippen molar-refractivity contribution in [1.82, 2.24) is 53.6 Å². The van der Waals surface area contributed by atoms with Crippen molar-refractivity contribution >= 4 is 82.5 Å². The van der Waals surface area contributed by atoms with E-state index in [0.717, 1.165) is 30.7 Å². The second-order valence-electron chi connectivity index (χ2n) is 18.0. The van der Waals surface area contributed by atoms with Crippen LogP contribution in [0.1, 0.15) is 32.5 Å². The fraction of sp³-hybridized carbons (Fsp3) is 0.583. The number of nitrogens with one attached hydrogen (secondary N) is 2. The first kappa shape index (κ1) is 58.5. The van der Waals surface area contributed by atoms with Crippen LogP contribution in [-0.4, -0.2) is 177 Å². The summed E-state index contributed by atoms with van der Waals surface area (Å²) < 4.78 is 117. The van der Waals surface area contributed by atoms with E-state index >= 15 is 0 Å². The number of hydrogen-bond acceptors (Lipinski definition) is 29. The number of nitrogens with two attached hydrogens (primary N) is 3. The van der Waals surface area contributed by atoms with Crippen LogP contribution in [0.3, 0.4) is 0 Å². The number of fused-ring (bicyclic) bond motifs is 3. The Morgan fingerprint density at radius 2 is 1.29 bits per heavy atom. The van der Waals surface area contributed by atoms with Gasteiger partial charge in [0.15, 0.2) is 41.4 Å². The minimum absolute atomic E-state index is 0.0152. The predicted octanol–water partition coefficient (Wildman–Crippen LogP) is -3.03. The number of methoxy groups -OCH3 is 1. The number of aryl methyl sites for hydroxylation is 1. The smallest absolute Gasteiger partial charge is 0.387 e. The Kier molecular flexibility index (Phi) is 16.5. The summed E-state index contributed by atoms with van der Waals surface area (Å²) in [6.45, 7) is -0.0709. The number of imidazole rings is 3. The fourth-order valence-electron chi connectivity index (χ4n) is 8.89. The Balaban J connectivity index is 0.874. The number of H-pyrrole nitrogens is 2. The number of hydrogen-bond donors (Lipinski definition) is 12. The molecule has 0 radical (unpaired) electrons. The Morgan fingerprint density at radius 1 is 0.696 bits per heavy atom. The SMILES string of the molecule is CO[C@@H]1[C@H](OP(=O)(O)OC[C@H]2O[C@@H](n3cnc4c(=O)[nH]c(N)nc43)[C@H](O)[C@@H]2O)[C@@H](COP(=O)(O)OP(=O)(O)OP(=O)(O)OC[C@H]2O[C@@H]([n+]3cn(C)c4c(=O)[nH]c(N)nc43)[C@H](O)[C@@H]2COC(C)C)O[C@H]1n1cnc2c(N)ncnc21. The summed E-state index contributed by atoms with van der Waals surface area (Å²) in [6.07, 6.45) is -13.3. The van der Waals surface area contributed by atoms with E-state index in [4.69, 9.17) is 59.0 Å². The van der Waals surface area contributed by atoms with Crippen molar-refractivity contribution in [2.45, 2.75) is 87.5 Å². The lowest BCUT2D eigenvalue weighted by molar-refractivity contribution is -0.745. The van der Waals surface area contributed by atoms with Crippen LogP contribution in [-0.2, 0) is 75.7 Å². The van der Waals surface area contributed by atoms with Gasteiger partial charge in [-0.05, 0) is 13.8 Å². The fourth-order valence-corrected chi connectivity index (χ4v) is 13.4. The monoisotopic (exact) mass is 1200 g/mol. The molecule has 16 atom stereocenters. The van der Waals surface area contributed by atoms with Crippen molar-refractivity contribution < 1.29 is 108 Å². The Morgan fingerprint density at radius 3 is 1.96 bits per heavy atom. The summed E-state index contributed by atoms with van der Waals surface area (Å²) in [7, 11) is -20.8. The van der Waals surface area contributed by atoms with Gasteiger partial charge < -0.3 is 75.8 Å². The third kappa shape index (κ3) is 12.2. The molecule has 4 unspecified atom stereocenters. The molecule has 3 aliphatic rings. The van der Waals surface area contributed by atoms with Crippen LogP contribution < -0.4 is 32.9 Å². The van der Waals surface area contributed by atoms with Crippen molar-refractivity contribution in [1.29, 1.82) is 0 Å². The molecule has 3 aliphatic heterocycles. The first-order valence-corrected chi connectivity index (χ1v) is 29.0. The summed E-state index contributed by atoms with van der Waals surface area (Å²) in [5.41, 5.74) is 15.8. The van der Waals surface area contributed by atoms with Crippen molar-refractivity contribution in [3.8, 4) is 0 Å². The summed E-state index contributed by atoms with van der Waals surface area (Å²) in [4.78, 5) is 96.7. The van der Waals surface area contributed by atoms with E-state index in [9.17, 15) is 62.7 Å². The summed E-state index contributed by atoms with van der Waals surface area (Å²) in [5, 5.41) is 33.2. The van der Waals surface area contributed by atoms with Crippen LogP contribution in [0.15, 0.2) is 34.9 Å². The van der Waals surface area contributed by atoms with E-state index in [2.05, 4.69) is 48.5 Å². The number of anilines is 3. The molecule has 3 fully saturated rings. The van der Waals surface area contributed by atoms with Crippen molar-refractivity contribution in [2.24, 2.45) is 13.0 Å². The molecule has 3 saturated heterocycles. The van der Waals surface area contributed by atoms with Gasteiger partial charge in [-0.2, -0.15) is 13.6 Å². The molecule has 434 valence electrons. The van der Waals surface area contributed by atoms with E-state index in [1.54, 1.807) is 13.8 Å². The molecule has 9 heterocycles. The largest absolute Gasteiger partial charge is 0.490 e. The van der Waals surface area contributed by atoms with E-state index < -0.39 is 142 Å². The number of aliphatic hydroxyl groups is 3. The zero-order valence-corrected chi connectivity index (χ0v) is 44.8. The second kappa shape index (κ2) is 22.3. The number of rotatable bonds is 22. The third-order valence-corrected chi connectivity index (χ3v) is 17.6. The number of aromatic nitrogens is 12. The third-order valence-electron chi connectivity index (χ3n) is 12.4. The van der Waals surface area contributed by atoms with Gasteiger partial charge in [-0.3, -0.25) is 51.4 Å². The van der Waals surface area contributed by atoms with Gasteiger partial charge in [0.25, 0.3) is 17.1 Å². The van der Waals surface area contributed by atoms with Gasteiger partial charge >= 0.3 is 36.9 Å². The highest BCUT2D eigenvalue weighted by Gasteiger charge is 2.54. The highest BCUT2D eigenvalue weighted by molar-refractivity contribution is 7.66. The maximum absolute atomic E-state index is 13.7. The molecule has 0 amide bonds. The molecule has 0 aliphatic carbocycles. The first-order chi connectivity index (χ1) is 37.1. The molecule has 79 heavy (non-hydrogen) atoms. The quantitative estimate of drug-likeness (QED) is 0.0238. The highest BCUT2D eigenvalue weighted by atomic mass is 31.3. The standard InChI is InChI=1S/C36H51N15O24P4/c1-13(2)66-5-14-15(70-32(21(14)52)51-12-48(3)20-29(51)45-36(39)47-31(20)56)6-68-77(59,60)74-79(63,64)75-78(61,62)69-8-17-24(25(65-4)34(72-17)49-10-42-18-26(37)40-9-41-27(18)49)73-76(57,58)67-7-16-22(53)23(54)33(71-16)50-11-43-19-28(50)44-35(38)46-30(19)55/h9-17,21-25,32-34,52-54H,5-8H2,1-4H3,(H11-,37,38,39,40,41,44,45,46,47,55,56,57,58,59,60,61,62,63,64)/p+1/t14-,15-,16-,17-,21-,22-,23-,24-,25-,32-,33-,34-/m1/s1. The Hall–Kier alpha value is -5.15. The van der Waals surface area contributed by atoms with Crippen LogP contribution in [0.25, 0.3) is 33.5 Å². The second-order valence-corrected chi connectivity index (χ2v) is 24.1. The van der Waals surface area contributed by atoms with Gasteiger partial charge in [0.05, 0.1) is 58.3 Å². The van der Waals surface area contributed by atoms with Gasteiger partial charge in [-0.25, -0.2) is 42.8 Å². The predicted molar refractivity (Wildman–Crippen MR) is 258 cm³/mol. The molecule has 39 nitrogen and oxygen atoms in total. The van der Waals surface area contributed by atoms with E-state index in [0.29, 0.717) is 0 Å². The summed E-state index contributed by atoms with van der Waals surface area (Å²) in [5.74, 6) is -1.71. The molecule has 0 aromatic carbocycles. The molecule has 6 aromatic heterocycles. The maximum atomic E-state index is 13.7. The zero-order valence-electron chi connectivity index (χ0n) is 41.2. The van der Waals surface area contributed by atoms with Crippen LogP contribution >= 0.6 is 31.3 Å². The Bertz CT molecular complexity index is 3560. The number of aliphatic hydroxyl groups excluding tert-OH is 3. The number of nitrogens with zero attached hydrogens (tertiary/aromatic N) is 10. The van der Waals surface area contributed by atoms with Gasteiger partial charge in [0, 0.05) is 13.0 Å². The van der Waals surface area contributed by atoms with Crippen molar-refractivity contribution in [3.05, 3.63) is 46.0 Å². The van der Waals surface area contributed by atoms with Gasteiger partial charge in [-0.1, -0.05) is 4.98 Å². The molecule has 0 saturated carbocycles. The number of phosphoric acid groups is 4. The minimum atomic E-state index is -6.19. The molecule has 9 rings (SSSR count). The summed E-state index contributed by atoms with van der Waals surface area (Å²) in [6, 6.07) is 0. The van der Waals surface area contributed by atoms with Gasteiger partial charge in [0.2, 0.25) is 17.7 Å². The Labute approximate surface area is 440 Å². The van der Waals surface area contributed by atoms with Crippen LogP contribution in [0.5, 0.6) is 0 Å². The molecule has 0 bridgehead atoms. The number of aromatic amines is 2. The lowest BCUT2D eigenvalue weighted by atomic mass is 9.99. The lowest BCUT2D eigenvalue weighted by Crippen LogP contribution is -2.45. The average Bonchev–Trinajstić information content (AvgIpc) is 4.35. The minimum Gasteiger partial charge on any atom is -0.387 e. The van der Waals surface area contributed by atoms with Crippen LogP contribution in [0.4, 0.5) is 17.7 Å². The first-order valence-electron chi connectivity index (χ1n) is 23.0. The topological polar surface area (TPSA) is 551 Å². The van der Waals surface area contributed by atoms with E-state index in [1.165, 1.54) is 27.1 Å². The molecular weight excluding hydrogens is 1150 g/mol. The number of phosphoric ester groups is 3. The molecule has 0 spiro atoms. The van der Waals surface area contributed by atoms with Crippen LogP contribution in [0.2, 0.25) is 0 Å². The summed E-state index contributed by atoms with van der Waals surface area (Å²) >= 11 is 0. The van der Waals surface area contributed by atoms with Gasteiger partial charge in [0.1, 0.15) is 54.6 Å². The van der Waals surface area contributed by atoms with Crippen molar-refractivity contribution in [2.75, 3.05) is 50.7 Å². The molecular formula is C36H52N15O24P4+. The van der Waals surface area contributed by atoms with Crippen LogP contribution in [0, 0.1) is 5.92 Å². The zero-order chi connectivity index (χ0) is 57.3. The molecule has 15 N–H and O–H groups in total. The number of nitrogen functional groups attached to an aromatic ring is 3. The van der Waals surface area contributed by atoms with E-state index in [1.807, 2.05) is 0 Å².